The highest BCUT2D eigenvalue weighted by Gasteiger charge is 2.15. The maximum absolute atomic E-state index is 12.4. The SMILES string of the molecule is CCC(COC)NC(=O)c1cc2ccc(C)cc2nc1C. The van der Waals surface area contributed by atoms with Crippen LogP contribution in [0, 0.1) is 13.8 Å². The van der Waals surface area contributed by atoms with E-state index in [1.54, 1.807) is 7.11 Å². The molecule has 1 aromatic carbocycles. The second-order valence-electron chi connectivity index (χ2n) is 5.35. The van der Waals surface area contributed by atoms with Gasteiger partial charge >= 0.3 is 0 Å². The van der Waals surface area contributed by atoms with Crippen LogP contribution in [0.25, 0.3) is 10.9 Å². The summed E-state index contributed by atoms with van der Waals surface area (Å²) in [6, 6.07) is 7.99. The number of hydrogen-bond acceptors (Lipinski definition) is 3. The first-order valence-corrected chi connectivity index (χ1v) is 7.23. The highest BCUT2D eigenvalue weighted by atomic mass is 16.5. The molecule has 0 aliphatic carbocycles. The molecule has 1 heterocycles. The molecule has 0 radical (unpaired) electrons. The summed E-state index contributed by atoms with van der Waals surface area (Å²) in [5.41, 5.74) is 3.46. The number of aromatic nitrogens is 1. The number of nitrogens with one attached hydrogen (secondary N) is 1. The first-order valence-electron chi connectivity index (χ1n) is 7.23. The number of amides is 1. The third kappa shape index (κ3) is 3.58. The van der Waals surface area contributed by atoms with Crippen molar-refractivity contribution in [1.29, 1.82) is 0 Å². The predicted octanol–water partition coefficient (Wildman–Crippen LogP) is 3.01. The van der Waals surface area contributed by atoms with Crippen LogP contribution in [-0.4, -0.2) is 30.6 Å². The Morgan fingerprint density at radius 1 is 1.33 bits per heavy atom. The first-order chi connectivity index (χ1) is 10.0. The summed E-state index contributed by atoms with van der Waals surface area (Å²) in [4.78, 5) is 17.0. The molecule has 21 heavy (non-hydrogen) atoms. The molecule has 0 saturated carbocycles. The summed E-state index contributed by atoms with van der Waals surface area (Å²) in [6.45, 7) is 6.45. The lowest BCUT2D eigenvalue weighted by Crippen LogP contribution is -2.37. The molecule has 0 saturated heterocycles. The van der Waals surface area contributed by atoms with E-state index in [4.69, 9.17) is 4.74 Å². The molecule has 1 N–H and O–H groups in total. The third-order valence-electron chi connectivity index (χ3n) is 3.60. The molecule has 0 bridgehead atoms. The second-order valence-corrected chi connectivity index (χ2v) is 5.35. The summed E-state index contributed by atoms with van der Waals surface area (Å²) < 4.78 is 5.11. The zero-order valence-corrected chi connectivity index (χ0v) is 13.1. The Balaban J connectivity index is 2.30. The minimum absolute atomic E-state index is 0.0237. The number of ether oxygens (including phenoxy) is 1. The topological polar surface area (TPSA) is 51.2 Å². The van der Waals surface area contributed by atoms with Crippen molar-refractivity contribution < 1.29 is 9.53 Å². The number of aryl methyl sites for hydroxylation is 2. The van der Waals surface area contributed by atoms with Crippen molar-refractivity contribution in [2.45, 2.75) is 33.2 Å². The molecule has 1 unspecified atom stereocenters. The maximum atomic E-state index is 12.4. The predicted molar refractivity (Wildman–Crippen MR) is 84.6 cm³/mol. The fourth-order valence-corrected chi connectivity index (χ4v) is 2.33. The van der Waals surface area contributed by atoms with E-state index in [0.717, 1.165) is 28.6 Å². The van der Waals surface area contributed by atoms with Crippen molar-refractivity contribution in [3.8, 4) is 0 Å². The van der Waals surface area contributed by atoms with Gasteiger partial charge in [-0.2, -0.15) is 0 Å². The lowest BCUT2D eigenvalue weighted by molar-refractivity contribution is 0.0894. The number of pyridine rings is 1. The van der Waals surface area contributed by atoms with E-state index < -0.39 is 0 Å². The van der Waals surface area contributed by atoms with Gasteiger partial charge in [0, 0.05) is 12.5 Å². The Morgan fingerprint density at radius 3 is 2.76 bits per heavy atom. The van der Waals surface area contributed by atoms with Gasteiger partial charge in [0.1, 0.15) is 0 Å². The Hall–Kier alpha value is -1.94. The monoisotopic (exact) mass is 286 g/mol. The van der Waals surface area contributed by atoms with Gasteiger partial charge < -0.3 is 10.1 Å². The minimum atomic E-state index is -0.0913. The average Bonchev–Trinajstić information content (AvgIpc) is 2.45. The number of fused-ring (bicyclic) bond motifs is 1. The Bertz CT molecular complexity index is 653. The van der Waals surface area contributed by atoms with E-state index in [0.29, 0.717) is 12.2 Å². The van der Waals surface area contributed by atoms with Gasteiger partial charge in [-0.1, -0.05) is 19.1 Å². The molecular formula is C17H22N2O2. The molecule has 0 fully saturated rings. The summed E-state index contributed by atoms with van der Waals surface area (Å²) in [5, 5.41) is 3.98. The molecule has 2 aromatic rings. The number of rotatable bonds is 5. The highest BCUT2D eigenvalue weighted by molar-refractivity contribution is 5.98. The van der Waals surface area contributed by atoms with Gasteiger partial charge in [0.05, 0.1) is 29.4 Å². The van der Waals surface area contributed by atoms with Crippen molar-refractivity contribution in [3.63, 3.8) is 0 Å². The van der Waals surface area contributed by atoms with Crippen LogP contribution < -0.4 is 5.32 Å². The van der Waals surface area contributed by atoms with Gasteiger partial charge in [0.25, 0.3) is 5.91 Å². The fourth-order valence-electron chi connectivity index (χ4n) is 2.33. The zero-order valence-electron chi connectivity index (χ0n) is 13.1. The van der Waals surface area contributed by atoms with Crippen LogP contribution >= 0.6 is 0 Å². The quantitative estimate of drug-likeness (QED) is 0.919. The van der Waals surface area contributed by atoms with Gasteiger partial charge in [-0.05, 0) is 38.0 Å². The number of hydrogen-bond donors (Lipinski definition) is 1. The van der Waals surface area contributed by atoms with Crippen LogP contribution in [0.3, 0.4) is 0 Å². The number of benzene rings is 1. The Labute approximate surface area is 125 Å². The van der Waals surface area contributed by atoms with E-state index in [2.05, 4.69) is 10.3 Å². The first kappa shape index (κ1) is 15.4. The molecule has 112 valence electrons. The summed E-state index contributed by atoms with van der Waals surface area (Å²) in [7, 11) is 1.64. The van der Waals surface area contributed by atoms with Crippen LogP contribution in [0.5, 0.6) is 0 Å². The van der Waals surface area contributed by atoms with E-state index in [1.807, 2.05) is 45.0 Å². The summed E-state index contributed by atoms with van der Waals surface area (Å²) >= 11 is 0. The molecule has 0 aliphatic rings. The van der Waals surface area contributed by atoms with Crippen LogP contribution in [0.15, 0.2) is 24.3 Å². The summed E-state index contributed by atoms with van der Waals surface area (Å²) in [6.07, 6.45) is 0.832. The average molecular weight is 286 g/mol. The summed E-state index contributed by atoms with van der Waals surface area (Å²) in [5.74, 6) is -0.0913. The lowest BCUT2D eigenvalue weighted by atomic mass is 10.1. The molecule has 0 aliphatic heterocycles. The number of methoxy groups -OCH3 is 1. The molecule has 0 spiro atoms. The zero-order chi connectivity index (χ0) is 15.4. The van der Waals surface area contributed by atoms with E-state index >= 15 is 0 Å². The highest BCUT2D eigenvalue weighted by Crippen LogP contribution is 2.18. The number of carbonyl (C=O) groups is 1. The van der Waals surface area contributed by atoms with Crippen LogP contribution in [0.4, 0.5) is 0 Å². The van der Waals surface area contributed by atoms with Crippen molar-refractivity contribution in [3.05, 3.63) is 41.1 Å². The molecule has 1 atom stereocenters. The van der Waals surface area contributed by atoms with Crippen molar-refractivity contribution in [2.75, 3.05) is 13.7 Å². The van der Waals surface area contributed by atoms with Gasteiger partial charge in [-0.25, -0.2) is 0 Å². The Kier molecular flexibility index (Phi) is 4.91. The van der Waals surface area contributed by atoms with Crippen LogP contribution in [0.2, 0.25) is 0 Å². The van der Waals surface area contributed by atoms with Crippen LogP contribution in [0.1, 0.15) is 35.0 Å². The molecule has 1 aromatic heterocycles. The largest absolute Gasteiger partial charge is 0.383 e. The van der Waals surface area contributed by atoms with Crippen molar-refractivity contribution in [1.82, 2.24) is 10.3 Å². The van der Waals surface area contributed by atoms with Crippen LogP contribution in [-0.2, 0) is 4.74 Å². The Morgan fingerprint density at radius 2 is 2.10 bits per heavy atom. The number of carbonyl (C=O) groups excluding carboxylic acids is 1. The number of nitrogens with zero attached hydrogens (tertiary/aromatic N) is 1. The lowest BCUT2D eigenvalue weighted by Gasteiger charge is -2.17. The van der Waals surface area contributed by atoms with Crippen molar-refractivity contribution in [2.24, 2.45) is 0 Å². The van der Waals surface area contributed by atoms with Gasteiger partial charge in [0.15, 0.2) is 0 Å². The molecule has 2 rings (SSSR count). The van der Waals surface area contributed by atoms with Gasteiger partial charge in [-0.3, -0.25) is 9.78 Å². The van der Waals surface area contributed by atoms with Gasteiger partial charge in [-0.15, -0.1) is 0 Å². The molecule has 4 nitrogen and oxygen atoms in total. The fraction of sp³-hybridized carbons (Fsp3) is 0.412. The molecule has 4 heteroatoms. The normalized spacial score (nSPS) is 12.4. The molecule has 1 amide bonds. The molecular weight excluding hydrogens is 264 g/mol. The smallest absolute Gasteiger partial charge is 0.253 e. The second kappa shape index (κ2) is 6.68. The maximum Gasteiger partial charge on any atom is 0.253 e. The van der Waals surface area contributed by atoms with Crippen molar-refractivity contribution >= 4 is 16.8 Å². The minimum Gasteiger partial charge on any atom is -0.383 e. The van der Waals surface area contributed by atoms with E-state index in [-0.39, 0.29) is 11.9 Å². The third-order valence-corrected chi connectivity index (χ3v) is 3.60. The van der Waals surface area contributed by atoms with E-state index in [9.17, 15) is 4.79 Å². The van der Waals surface area contributed by atoms with Gasteiger partial charge in [0.2, 0.25) is 0 Å². The standard InChI is InChI=1S/C17H22N2O2/c1-5-14(10-21-4)19-17(20)15-9-13-7-6-11(2)8-16(13)18-12(15)3/h6-9,14H,5,10H2,1-4H3,(H,19,20). The van der Waals surface area contributed by atoms with E-state index in [1.165, 1.54) is 0 Å².